The molecular formula is C17H16ClF2N3O. The van der Waals surface area contributed by atoms with Crippen molar-refractivity contribution in [2.24, 2.45) is 0 Å². The highest BCUT2D eigenvalue weighted by atomic mass is 35.5. The van der Waals surface area contributed by atoms with Crippen molar-refractivity contribution in [2.45, 2.75) is 25.0 Å². The molecule has 0 aliphatic carbocycles. The van der Waals surface area contributed by atoms with Crippen molar-refractivity contribution in [1.29, 1.82) is 0 Å². The first-order chi connectivity index (χ1) is 11.5. The second kappa shape index (κ2) is 7.25. The Morgan fingerprint density at radius 1 is 1.21 bits per heavy atom. The Kier molecular flexibility index (Phi) is 5.08. The van der Waals surface area contributed by atoms with E-state index in [9.17, 15) is 13.6 Å². The molecule has 1 fully saturated rings. The van der Waals surface area contributed by atoms with Crippen molar-refractivity contribution in [1.82, 2.24) is 16.2 Å². The average Bonchev–Trinajstić information content (AvgIpc) is 3.04. The van der Waals surface area contributed by atoms with Gasteiger partial charge in [-0.25, -0.2) is 19.6 Å². The number of hydrazine groups is 1. The summed E-state index contributed by atoms with van der Waals surface area (Å²) in [4.78, 5) is 12.2. The van der Waals surface area contributed by atoms with Crippen LogP contribution in [0.4, 0.5) is 8.78 Å². The van der Waals surface area contributed by atoms with Crippen LogP contribution in [0.3, 0.4) is 0 Å². The molecule has 2 aromatic rings. The van der Waals surface area contributed by atoms with Gasteiger partial charge in [0.25, 0.3) is 0 Å². The second-order valence-corrected chi connectivity index (χ2v) is 6.01. The third-order valence-corrected chi connectivity index (χ3v) is 4.31. The van der Waals surface area contributed by atoms with Crippen molar-refractivity contribution in [2.75, 3.05) is 0 Å². The van der Waals surface area contributed by atoms with Crippen LogP contribution in [-0.2, 0) is 11.3 Å². The SMILES string of the molecule is O=C(NCc1ccc(F)cc1F)C1CC(c2ccccc2Cl)NN1. The summed E-state index contributed by atoms with van der Waals surface area (Å²) >= 11 is 6.16. The zero-order valence-electron chi connectivity index (χ0n) is 12.7. The van der Waals surface area contributed by atoms with Crippen LogP contribution in [0.5, 0.6) is 0 Å². The number of amides is 1. The molecule has 0 bridgehead atoms. The highest BCUT2D eigenvalue weighted by Gasteiger charge is 2.30. The van der Waals surface area contributed by atoms with Gasteiger partial charge in [-0.3, -0.25) is 4.79 Å². The van der Waals surface area contributed by atoms with Crippen LogP contribution in [0, 0.1) is 11.6 Å². The molecule has 1 heterocycles. The van der Waals surface area contributed by atoms with Crippen molar-refractivity contribution < 1.29 is 13.6 Å². The zero-order valence-corrected chi connectivity index (χ0v) is 13.4. The first kappa shape index (κ1) is 16.8. The van der Waals surface area contributed by atoms with Crippen LogP contribution in [-0.4, -0.2) is 11.9 Å². The van der Waals surface area contributed by atoms with Gasteiger partial charge in [-0.15, -0.1) is 0 Å². The normalized spacial score (nSPS) is 20.1. The number of hydrogen-bond donors (Lipinski definition) is 3. The van der Waals surface area contributed by atoms with Gasteiger partial charge in [-0.2, -0.15) is 0 Å². The van der Waals surface area contributed by atoms with Gasteiger partial charge in [0.1, 0.15) is 17.7 Å². The largest absolute Gasteiger partial charge is 0.351 e. The first-order valence-electron chi connectivity index (χ1n) is 7.51. The minimum Gasteiger partial charge on any atom is -0.351 e. The molecule has 24 heavy (non-hydrogen) atoms. The predicted molar refractivity (Wildman–Crippen MR) is 87.1 cm³/mol. The number of carbonyl (C=O) groups is 1. The standard InChI is InChI=1S/C17H16ClF2N3O/c18-13-4-2-1-3-12(13)15-8-16(23-22-15)17(24)21-9-10-5-6-11(19)7-14(10)20/h1-7,15-16,22-23H,8-9H2,(H,21,24). The summed E-state index contributed by atoms with van der Waals surface area (Å²) in [5.74, 6) is -1.59. The number of rotatable bonds is 4. The van der Waals surface area contributed by atoms with Gasteiger partial charge >= 0.3 is 0 Å². The number of benzene rings is 2. The average molecular weight is 352 g/mol. The van der Waals surface area contributed by atoms with E-state index in [1.165, 1.54) is 6.07 Å². The Balaban J connectivity index is 1.58. The summed E-state index contributed by atoms with van der Waals surface area (Å²) in [6.45, 7) is -0.000113. The third-order valence-electron chi connectivity index (χ3n) is 3.97. The minimum atomic E-state index is -0.679. The minimum absolute atomic E-state index is 0.000113. The van der Waals surface area contributed by atoms with E-state index in [4.69, 9.17) is 11.6 Å². The lowest BCUT2D eigenvalue weighted by molar-refractivity contribution is -0.123. The van der Waals surface area contributed by atoms with E-state index >= 15 is 0 Å². The fourth-order valence-electron chi connectivity index (χ4n) is 2.66. The molecule has 2 aromatic carbocycles. The second-order valence-electron chi connectivity index (χ2n) is 5.60. The molecule has 0 aromatic heterocycles. The molecule has 0 radical (unpaired) electrons. The van der Waals surface area contributed by atoms with Gasteiger partial charge in [0.2, 0.25) is 5.91 Å². The molecule has 7 heteroatoms. The summed E-state index contributed by atoms with van der Waals surface area (Å²) in [5.41, 5.74) is 7.10. The monoisotopic (exact) mass is 351 g/mol. The van der Waals surface area contributed by atoms with Crippen molar-refractivity contribution >= 4 is 17.5 Å². The predicted octanol–water partition coefficient (Wildman–Crippen LogP) is 2.84. The molecule has 0 saturated carbocycles. The zero-order chi connectivity index (χ0) is 17.1. The Hall–Kier alpha value is -2.02. The summed E-state index contributed by atoms with van der Waals surface area (Å²) in [5, 5.41) is 3.28. The van der Waals surface area contributed by atoms with Crippen LogP contribution >= 0.6 is 11.6 Å². The van der Waals surface area contributed by atoms with E-state index in [2.05, 4.69) is 16.2 Å². The molecule has 2 unspecified atom stereocenters. The van der Waals surface area contributed by atoms with Gasteiger partial charge in [0.05, 0.1) is 0 Å². The Morgan fingerprint density at radius 3 is 2.75 bits per heavy atom. The highest BCUT2D eigenvalue weighted by molar-refractivity contribution is 6.31. The van der Waals surface area contributed by atoms with Crippen LogP contribution in [0.2, 0.25) is 5.02 Å². The molecule has 1 amide bonds. The van der Waals surface area contributed by atoms with Crippen molar-refractivity contribution in [3.05, 3.63) is 70.2 Å². The fourth-order valence-corrected chi connectivity index (χ4v) is 2.93. The van der Waals surface area contributed by atoms with E-state index in [0.717, 1.165) is 17.7 Å². The molecule has 126 valence electrons. The van der Waals surface area contributed by atoms with E-state index in [0.29, 0.717) is 11.4 Å². The molecule has 3 N–H and O–H groups in total. The molecule has 2 atom stereocenters. The smallest absolute Gasteiger partial charge is 0.238 e. The Morgan fingerprint density at radius 2 is 2.00 bits per heavy atom. The third kappa shape index (κ3) is 3.72. The van der Waals surface area contributed by atoms with Gasteiger partial charge in [0, 0.05) is 29.2 Å². The topological polar surface area (TPSA) is 53.2 Å². The van der Waals surface area contributed by atoms with Gasteiger partial charge in [0.15, 0.2) is 0 Å². The van der Waals surface area contributed by atoms with Crippen molar-refractivity contribution in [3.63, 3.8) is 0 Å². The fraction of sp³-hybridized carbons (Fsp3) is 0.235. The molecular weight excluding hydrogens is 336 g/mol. The van der Waals surface area contributed by atoms with Crippen LogP contribution in [0.25, 0.3) is 0 Å². The van der Waals surface area contributed by atoms with E-state index in [-0.39, 0.29) is 24.1 Å². The summed E-state index contributed by atoms with van der Waals surface area (Å²) < 4.78 is 26.4. The number of hydrogen-bond acceptors (Lipinski definition) is 3. The number of halogens is 3. The number of nitrogens with one attached hydrogen (secondary N) is 3. The molecule has 0 spiro atoms. The first-order valence-corrected chi connectivity index (χ1v) is 7.89. The highest BCUT2D eigenvalue weighted by Crippen LogP contribution is 2.28. The van der Waals surface area contributed by atoms with Gasteiger partial charge in [-0.1, -0.05) is 35.9 Å². The Labute approximate surface area is 143 Å². The van der Waals surface area contributed by atoms with E-state index < -0.39 is 17.7 Å². The van der Waals surface area contributed by atoms with Gasteiger partial charge < -0.3 is 5.32 Å². The maximum Gasteiger partial charge on any atom is 0.238 e. The van der Waals surface area contributed by atoms with Gasteiger partial charge in [-0.05, 0) is 24.1 Å². The molecule has 3 rings (SSSR count). The van der Waals surface area contributed by atoms with Crippen molar-refractivity contribution in [3.8, 4) is 0 Å². The van der Waals surface area contributed by atoms with Crippen LogP contribution < -0.4 is 16.2 Å². The molecule has 1 aliphatic rings. The summed E-state index contributed by atoms with van der Waals surface area (Å²) in [6, 6.07) is 10.1. The lowest BCUT2D eigenvalue weighted by Crippen LogP contribution is -2.43. The summed E-state index contributed by atoms with van der Waals surface area (Å²) in [6.07, 6.45) is 0.515. The maximum atomic E-state index is 13.6. The summed E-state index contributed by atoms with van der Waals surface area (Å²) in [7, 11) is 0. The van der Waals surface area contributed by atoms with Crippen LogP contribution in [0.15, 0.2) is 42.5 Å². The maximum absolute atomic E-state index is 13.6. The van der Waals surface area contributed by atoms with Crippen LogP contribution in [0.1, 0.15) is 23.6 Å². The quantitative estimate of drug-likeness (QED) is 0.794. The number of carbonyl (C=O) groups excluding carboxylic acids is 1. The molecule has 4 nitrogen and oxygen atoms in total. The Bertz CT molecular complexity index is 756. The molecule has 1 saturated heterocycles. The lowest BCUT2D eigenvalue weighted by Gasteiger charge is -2.12. The lowest BCUT2D eigenvalue weighted by atomic mass is 10.0. The molecule has 1 aliphatic heterocycles. The van der Waals surface area contributed by atoms with E-state index in [1.807, 2.05) is 18.2 Å². The van der Waals surface area contributed by atoms with E-state index in [1.54, 1.807) is 6.07 Å².